The lowest BCUT2D eigenvalue weighted by molar-refractivity contribution is 0.107. The fourth-order valence-electron chi connectivity index (χ4n) is 2.78. The molecular weight excluding hydrogens is 453 g/mol. The van der Waals surface area contributed by atoms with Crippen molar-refractivity contribution in [1.29, 1.82) is 0 Å². The number of hydrogen-bond acceptors (Lipinski definition) is 5. The van der Waals surface area contributed by atoms with Crippen LogP contribution in [0.1, 0.15) is 27.2 Å². The molecule has 0 saturated carbocycles. The maximum absolute atomic E-state index is 11.2. The Labute approximate surface area is 170 Å². The van der Waals surface area contributed by atoms with Crippen molar-refractivity contribution < 1.29 is 8.42 Å². The Hall–Kier alpha value is -0.130. The van der Waals surface area contributed by atoms with Gasteiger partial charge in [-0.25, -0.2) is 8.42 Å². The van der Waals surface area contributed by atoms with E-state index in [2.05, 4.69) is 39.3 Å². The van der Waals surface area contributed by atoms with Crippen LogP contribution in [0.3, 0.4) is 0 Å². The molecule has 9 heteroatoms. The fourth-order valence-corrected chi connectivity index (χ4v) is 3.57. The Morgan fingerprint density at radius 2 is 1.80 bits per heavy atom. The molecule has 1 aliphatic rings. The molecule has 1 rings (SSSR count). The molecular formula is C16H36IN5O2S. The van der Waals surface area contributed by atoms with Crippen LogP contribution in [0.15, 0.2) is 4.99 Å². The number of rotatable bonds is 8. The lowest BCUT2D eigenvalue weighted by Gasteiger charge is -2.37. The summed E-state index contributed by atoms with van der Waals surface area (Å²) in [6.07, 6.45) is 1.85. The van der Waals surface area contributed by atoms with Crippen molar-refractivity contribution in [2.45, 2.75) is 39.3 Å². The standard InChI is InChI=1S/C16H35N5O2S.HI/c1-6-20-8-10-21(11-9-20)15(3)13-18-16(17-4)19-14(2)7-12-24(5,22)23;/h14-15H,6-13H2,1-5H3,(H2,17,18,19);1H. The molecule has 0 aromatic rings. The Balaban J connectivity index is 0.00000576. The summed E-state index contributed by atoms with van der Waals surface area (Å²) in [4.78, 5) is 9.21. The van der Waals surface area contributed by atoms with Crippen LogP contribution < -0.4 is 10.6 Å². The molecule has 0 bridgehead atoms. The topological polar surface area (TPSA) is 77.0 Å². The van der Waals surface area contributed by atoms with Gasteiger partial charge in [0.2, 0.25) is 0 Å². The predicted molar refractivity (Wildman–Crippen MR) is 117 cm³/mol. The number of nitrogens with zero attached hydrogens (tertiary/aromatic N) is 3. The number of guanidine groups is 1. The van der Waals surface area contributed by atoms with Crippen LogP contribution in [0.25, 0.3) is 0 Å². The molecule has 1 heterocycles. The number of likely N-dealkylation sites (N-methyl/N-ethyl adjacent to an activating group) is 1. The van der Waals surface area contributed by atoms with E-state index in [1.165, 1.54) is 6.26 Å². The molecule has 2 atom stereocenters. The molecule has 2 unspecified atom stereocenters. The van der Waals surface area contributed by atoms with E-state index in [-0.39, 0.29) is 35.8 Å². The predicted octanol–water partition coefficient (Wildman–Crippen LogP) is 0.619. The highest BCUT2D eigenvalue weighted by molar-refractivity contribution is 14.0. The summed E-state index contributed by atoms with van der Waals surface area (Å²) in [6.45, 7) is 12.8. The van der Waals surface area contributed by atoms with Gasteiger partial charge in [0.25, 0.3) is 0 Å². The van der Waals surface area contributed by atoms with E-state index >= 15 is 0 Å². The second kappa shape index (κ2) is 12.3. The first-order valence-corrected chi connectivity index (χ1v) is 10.9. The van der Waals surface area contributed by atoms with Gasteiger partial charge < -0.3 is 15.5 Å². The van der Waals surface area contributed by atoms with Gasteiger partial charge in [0.05, 0.1) is 5.75 Å². The number of aliphatic imine (C=N–C) groups is 1. The second-order valence-electron chi connectivity index (χ2n) is 6.74. The molecule has 0 spiro atoms. The van der Waals surface area contributed by atoms with Gasteiger partial charge in [-0.05, 0) is 26.8 Å². The minimum absolute atomic E-state index is 0. The fraction of sp³-hybridized carbons (Fsp3) is 0.938. The molecule has 0 radical (unpaired) electrons. The zero-order valence-corrected chi connectivity index (χ0v) is 19.4. The average Bonchev–Trinajstić information content (AvgIpc) is 2.55. The molecule has 0 aromatic heterocycles. The number of sulfone groups is 1. The molecule has 1 fully saturated rings. The van der Waals surface area contributed by atoms with Crippen LogP contribution >= 0.6 is 24.0 Å². The van der Waals surface area contributed by atoms with Crippen LogP contribution in [0.4, 0.5) is 0 Å². The normalized spacial score (nSPS) is 19.8. The van der Waals surface area contributed by atoms with Crippen molar-refractivity contribution in [3.63, 3.8) is 0 Å². The first-order valence-electron chi connectivity index (χ1n) is 8.86. The molecule has 1 aliphatic heterocycles. The van der Waals surface area contributed by atoms with E-state index in [1.54, 1.807) is 7.05 Å². The van der Waals surface area contributed by atoms with Crippen LogP contribution in [-0.4, -0.2) is 94.6 Å². The molecule has 1 saturated heterocycles. The van der Waals surface area contributed by atoms with Crippen molar-refractivity contribution in [3.8, 4) is 0 Å². The van der Waals surface area contributed by atoms with E-state index in [0.717, 1.165) is 45.2 Å². The van der Waals surface area contributed by atoms with Crippen molar-refractivity contribution in [2.24, 2.45) is 4.99 Å². The van der Waals surface area contributed by atoms with Gasteiger partial charge in [-0.15, -0.1) is 24.0 Å². The highest BCUT2D eigenvalue weighted by atomic mass is 127. The first-order chi connectivity index (χ1) is 11.2. The quantitative estimate of drug-likeness (QED) is 0.296. The Morgan fingerprint density at radius 1 is 1.20 bits per heavy atom. The number of nitrogens with one attached hydrogen (secondary N) is 2. The number of hydrogen-bond donors (Lipinski definition) is 2. The maximum atomic E-state index is 11.2. The van der Waals surface area contributed by atoms with Gasteiger partial charge >= 0.3 is 0 Å². The molecule has 0 amide bonds. The Kier molecular flexibility index (Phi) is 12.2. The van der Waals surface area contributed by atoms with Gasteiger partial charge in [-0.1, -0.05) is 6.92 Å². The third-order valence-corrected chi connectivity index (χ3v) is 5.55. The molecule has 25 heavy (non-hydrogen) atoms. The van der Waals surface area contributed by atoms with E-state index < -0.39 is 9.84 Å². The summed E-state index contributed by atoms with van der Waals surface area (Å²) < 4.78 is 22.5. The molecule has 0 aromatic carbocycles. The zero-order valence-electron chi connectivity index (χ0n) is 16.3. The third-order valence-electron chi connectivity index (χ3n) is 4.57. The minimum Gasteiger partial charge on any atom is -0.355 e. The first kappa shape index (κ1) is 24.9. The van der Waals surface area contributed by atoms with Crippen LogP contribution in [0.5, 0.6) is 0 Å². The monoisotopic (exact) mass is 489 g/mol. The van der Waals surface area contributed by atoms with E-state index in [1.807, 2.05) is 6.92 Å². The maximum Gasteiger partial charge on any atom is 0.191 e. The smallest absolute Gasteiger partial charge is 0.191 e. The average molecular weight is 489 g/mol. The van der Waals surface area contributed by atoms with Crippen LogP contribution in [0.2, 0.25) is 0 Å². The summed E-state index contributed by atoms with van der Waals surface area (Å²) >= 11 is 0. The molecule has 7 nitrogen and oxygen atoms in total. The van der Waals surface area contributed by atoms with Gasteiger partial charge in [0.1, 0.15) is 9.84 Å². The molecule has 0 aliphatic carbocycles. The molecule has 150 valence electrons. The van der Waals surface area contributed by atoms with Crippen molar-refractivity contribution in [3.05, 3.63) is 0 Å². The third kappa shape index (κ3) is 10.6. The SMILES string of the molecule is CCN1CCN(C(C)CNC(=NC)NC(C)CCS(C)(=O)=O)CC1.I. The number of piperazine rings is 1. The summed E-state index contributed by atoms with van der Waals surface area (Å²) in [6, 6.07) is 0.503. The summed E-state index contributed by atoms with van der Waals surface area (Å²) in [5.74, 6) is 0.922. The Bertz CT molecular complexity index is 493. The van der Waals surface area contributed by atoms with Crippen molar-refractivity contribution >= 4 is 39.8 Å². The summed E-state index contributed by atoms with van der Waals surface area (Å²) in [5.41, 5.74) is 0. The molecule has 2 N–H and O–H groups in total. The van der Waals surface area contributed by atoms with Gasteiger partial charge in [0.15, 0.2) is 5.96 Å². The van der Waals surface area contributed by atoms with Crippen LogP contribution in [-0.2, 0) is 9.84 Å². The van der Waals surface area contributed by atoms with E-state index in [9.17, 15) is 8.42 Å². The largest absolute Gasteiger partial charge is 0.355 e. The van der Waals surface area contributed by atoms with Gasteiger partial charge in [-0.2, -0.15) is 0 Å². The summed E-state index contributed by atoms with van der Waals surface area (Å²) in [5, 5.41) is 6.62. The number of halogens is 1. The minimum atomic E-state index is -2.92. The van der Waals surface area contributed by atoms with Crippen molar-refractivity contribution in [2.75, 3.05) is 58.3 Å². The highest BCUT2D eigenvalue weighted by Crippen LogP contribution is 2.05. The van der Waals surface area contributed by atoms with Crippen molar-refractivity contribution in [1.82, 2.24) is 20.4 Å². The van der Waals surface area contributed by atoms with Gasteiger partial charge in [-0.3, -0.25) is 9.89 Å². The van der Waals surface area contributed by atoms with E-state index in [4.69, 9.17) is 0 Å². The lowest BCUT2D eigenvalue weighted by atomic mass is 10.2. The highest BCUT2D eigenvalue weighted by Gasteiger charge is 2.20. The van der Waals surface area contributed by atoms with E-state index in [0.29, 0.717) is 12.5 Å². The van der Waals surface area contributed by atoms with Gasteiger partial charge in [0, 0.05) is 58.1 Å². The van der Waals surface area contributed by atoms with Crippen LogP contribution in [0, 0.1) is 0 Å². The summed E-state index contributed by atoms with van der Waals surface area (Å²) in [7, 11) is -1.18. The lowest BCUT2D eigenvalue weighted by Crippen LogP contribution is -2.53. The zero-order chi connectivity index (χ0) is 18.2. The Morgan fingerprint density at radius 3 is 2.28 bits per heavy atom. The second-order valence-corrected chi connectivity index (χ2v) is 9.00.